The molecule has 1 aromatic rings. The first kappa shape index (κ1) is 15.1. The van der Waals surface area contributed by atoms with Crippen molar-refractivity contribution < 1.29 is 0 Å². The molecule has 16 heavy (non-hydrogen) atoms. The topological polar surface area (TPSA) is 0 Å². The first-order chi connectivity index (χ1) is 7.60. The minimum atomic E-state index is 0.963. The maximum Gasteiger partial charge on any atom is 0.00401 e. The second-order valence-electron chi connectivity index (χ2n) is 3.14. The summed E-state index contributed by atoms with van der Waals surface area (Å²) < 4.78 is 0. The smallest absolute Gasteiger partial charge is 0.00401 e. The predicted molar refractivity (Wildman–Crippen MR) is 80.5 cm³/mol. The molecule has 0 bridgehead atoms. The summed E-state index contributed by atoms with van der Waals surface area (Å²) in [5, 5.41) is 0. The zero-order valence-electron chi connectivity index (χ0n) is 9.72. The highest BCUT2D eigenvalue weighted by Crippen LogP contribution is 2.05. The maximum absolute atomic E-state index is 4.13. The Bertz CT molecular complexity index is 338. The molecule has 0 nitrogen and oxygen atoms in total. The lowest BCUT2D eigenvalue weighted by molar-refractivity contribution is 1.39. The Morgan fingerprint density at radius 1 is 1.25 bits per heavy atom. The lowest BCUT2D eigenvalue weighted by atomic mass is 10.2. The van der Waals surface area contributed by atoms with Crippen LogP contribution in [0.15, 0.2) is 64.9 Å². The van der Waals surface area contributed by atoms with Crippen LogP contribution in [-0.4, -0.2) is 0 Å². The van der Waals surface area contributed by atoms with Gasteiger partial charge in [0.05, 0.1) is 0 Å². The molecule has 0 heterocycles. The Morgan fingerprint density at radius 2 is 1.81 bits per heavy atom. The van der Waals surface area contributed by atoms with Crippen molar-refractivity contribution in [3.63, 3.8) is 0 Å². The van der Waals surface area contributed by atoms with E-state index in [4.69, 9.17) is 0 Å². The molecule has 0 atom stereocenters. The van der Waals surface area contributed by atoms with E-state index in [1.54, 1.807) is 6.08 Å². The van der Waals surface area contributed by atoms with Crippen LogP contribution in [0.2, 0.25) is 0 Å². The molecule has 2 heteroatoms. The van der Waals surface area contributed by atoms with E-state index in [0.29, 0.717) is 0 Å². The molecular weight excluding hydrogens is 232 g/mol. The highest BCUT2D eigenvalue weighted by Gasteiger charge is 1.80. The largest absolute Gasteiger partial charge is 0.144 e. The molecule has 0 aromatic heterocycles. The Balaban J connectivity index is 0.000000281. The maximum atomic E-state index is 4.13. The van der Waals surface area contributed by atoms with E-state index in [9.17, 15) is 0 Å². The number of rotatable bonds is 2. The third kappa shape index (κ3) is 8.45. The Labute approximate surface area is 110 Å². The molecule has 86 valence electrons. The summed E-state index contributed by atoms with van der Waals surface area (Å²) in [6.07, 6.45) is 7.38. The van der Waals surface area contributed by atoms with Gasteiger partial charge in [0.2, 0.25) is 0 Å². The Kier molecular flexibility index (Phi) is 8.87. The Morgan fingerprint density at radius 3 is 2.19 bits per heavy atom. The van der Waals surface area contributed by atoms with Crippen LogP contribution < -0.4 is 0 Å². The van der Waals surface area contributed by atoms with Crippen LogP contribution in [0, 0.1) is 6.92 Å². The molecule has 0 aliphatic rings. The lowest BCUT2D eigenvalue weighted by Crippen LogP contribution is -1.67. The summed E-state index contributed by atoms with van der Waals surface area (Å²) in [7, 11) is 0. The van der Waals surface area contributed by atoms with Gasteiger partial charge >= 0.3 is 0 Å². The summed E-state index contributed by atoms with van der Waals surface area (Å²) in [5.74, 6) is 0. The molecule has 1 aromatic carbocycles. The van der Waals surface area contributed by atoms with Crippen LogP contribution in [0.4, 0.5) is 0 Å². The molecule has 0 saturated heterocycles. The molecule has 0 N–H and O–H groups in total. The van der Waals surface area contributed by atoms with Crippen molar-refractivity contribution in [3.8, 4) is 0 Å². The summed E-state index contributed by atoms with van der Waals surface area (Å²) in [6, 6.07) is 8.06. The van der Waals surface area contributed by atoms with Crippen molar-refractivity contribution in [3.05, 3.63) is 65.6 Å². The van der Waals surface area contributed by atoms with E-state index in [0.717, 1.165) is 9.80 Å². The van der Waals surface area contributed by atoms with Crippen molar-refractivity contribution in [2.24, 2.45) is 0 Å². The number of benzene rings is 1. The minimum absolute atomic E-state index is 0.963. The number of hydrogen-bond acceptors (Lipinski definition) is 2. The van der Waals surface area contributed by atoms with Gasteiger partial charge in [0, 0.05) is 4.90 Å². The van der Waals surface area contributed by atoms with Crippen molar-refractivity contribution in [1.29, 1.82) is 0 Å². The normalized spacial score (nSPS) is 10.9. The fourth-order valence-electron chi connectivity index (χ4n) is 0.808. The van der Waals surface area contributed by atoms with Gasteiger partial charge < -0.3 is 0 Å². The standard InChI is InChI=1S/C7H8S.C7H10S/c1-6-2-4-7(8)5-3-6;1-3-5-6-7(8)4-2/h2-5,8H,1H3;3-6,8H,1H2,2H3/b;6-5-,7-4+. The van der Waals surface area contributed by atoms with Gasteiger partial charge in [0.1, 0.15) is 0 Å². The zero-order chi connectivity index (χ0) is 12.4. The number of hydrogen-bond donors (Lipinski definition) is 2. The van der Waals surface area contributed by atoms with Crippen LogP contribution in [0.25, 0.3) is 0 Å². The highest BCUT2D eigenvalue weighted by atomic mass is 32.1. The third-order valence-corrected chi connectivity index (χ3v) is 2.44. The second-order valence-corrected chi connectivity index (χ2v) is 4.18. The molecule has 0 spiro atoms. The number of allylic oxidation sites excluding steroid dienone is 4. The van der Waals surface area contributed by atoms with E-state index >= 15 is 0 Å². The summed E-state index contributed by atoms with van der Waals surface area (Å²) in [6.45, 7) is 7.52. The molecule has 0 aliphatic carbocycles. The van der Waals surface area contributed by atoms with Crippen LogP contribution in [-0.2, 0) is 0 Å². The van der Waals surface area contributed by atoms with Crippen molar-refractivity contribution in [2.75, 3.05) is 0 Å². The lowest BCUT2D eigenvalue weighted by Gasteiger charge is -1.89. The van der Waals surface area contributed by atoms with Gasteiger partial charge in [-0.3, -0.25) is 0 Å². The van der Waals surface area contributed by atoms with Gasteiger partial charge in [-0.1, -0.05) is 42.5 Å². The first-order valence-electron chi connectivity index (χ1n) is 5.00. The van der Waals surface area contributed by atoms with Gasteiger partial charge in [-0.2, -0.15) is 0 Å². The average molecular weight is 250 g/mol. The minimum Gasteiger partial charge on any atom is -0.144 e. The van der Waals surface area contributed by atoms with E-state index in [2.05, 4.69) is 38.8 Å². The van der Waals surface area contributed by atoms with Gasteiger partial charge in [0.15, 0.2) is 0 Å². The van der Waals surface area contributed by atoms with Gasteiger partial charge in [0.25, 0.3) is 0 Å². The van der Waals surface area contributed by atoms with Gasteiger partial charge in [-0.05, 0) is 37.0 Å². The molecule has 1 rings (SSSR count). The molecule has 0 radical (unpaired) electrons. The summed E-state index contributed by atoms with van der Waals surface area (Å²) >= 11 is 8.22. The molecule has 0 unspecified atom stereocenters. The molecule has 0 fully saturated rings. The first-order valence-corrected chi connectivity index (χ1v) is 5.89. The van der Waals surface area contributed by atoms with Crippen LogP contribution in [0.5, 0.6) is 0 Å². The fraction of sp³-hybridized carbons (Fsp3) is 0.143. The zero-order valence-corrected chi connectivity index (χ0v) is 11.5. The average Bonchev–Trinajstić information content (AvgIpc) is 2.30. The molecule has 0 aliphatic heterocycles. The molecule has 0 saturated carbocycles. The quantitative estimate of drug-likeness (QED) is 0.544. The van der Waals surface area contributed by atoms with Crippen LogP contribution in [0.1, 0.15) is 12.5 Å². The van der Waals surface area contributed by atoms with Crippen molar-refractivity contribution >= 4 is 25.3 Å². The summed E-state index contributed by atoms with van der Waals surface area (Å²) in [5.41, 5.74) is 1.28. The third-order valence-electron chi connectivity index (χ3n) is 1.73. The predicted octanol–water partition coefficient (Wildman–Crippen LogP) is 4.85. The van der Waals surface area contributed by atoms with Gasteiger partial charge in [-0.25, -0.2) is 0 Å². The SMILES string of the molecule is C=C/C=C\C(S)=C/C.Cc1ccc(S)cc1. The van der Waals surface area contributed by atoms with E-state index < -0.39 is 0 Å². The molecule has 0 amide bonds. The van der Waals surface area contributed by atoms with Crippen molar-refractivity contribution in [1.82, 2.24) is 0 Å². The molecular formula is C14H18S2. The summed E-state index contributed by atoms with van der Waals surface area (Å²) in [4.78, 5) is 1.99. The monoisotopic (exact) mass is 250 g/mol. The number of aryl methyl sites for hydroxylation is 1. The van der Waals surface area contributed by atoms with Crippen LogP contribution in [0.3, 0.4) is 0 Å². The van der Waals surface area contributed by atoms with E-state index in [-0.39, 0.29) is 0 Å². The Hall–Kier alpha value is -0.860. The van der Waals surface area contributed by atoms with Crippen molar-refractivity contribution in [2.45, 2.75) is 18.7 Å². The van der Waals surface area contributed by atoms with Gasteiger partial charge in [-0.15, -0.1) is 25.3 Å². The fourth-order valence-corrected chi connectivity index (χ4v) is 1.04. The second kappa shape index (κ2) is 9.37. The highest BCUT2D eigenvalue weighted by molar-refractivity contribution is 7.84. The van der Waals surface area contributed by atoms with E-state index in [1.807, 2.05) is 49.4 Å². The van der Waals surface area contributed by atoms with Crippen LogP contribution >= 0.6 is 25.3 Å². The number of thiol groups is 2. The van der Waals surface area contributed by atoms with E-state index in [1.165, 1.54) is 5.56 Å².